The number of hydrogen-bond acceptors (Lipinski definition) is 5. The molecule has 12 heteroatoms. The first kappa shape index (κ1) is 29.2. The lowest BCUT2D eigenvalue weighted by Crippen LogP contribution is -2.46. The molecular weight excluding hydrogens is 559 g/mol. The number of aliphatic carboxylic acids is 1. The summed E-state index contributed by atoms with van der Waals surface area (Å²) in [6, 6.07) is 19.3. The molecule has 0 radical (unpaired) electrons. The molecule has 3 atom stereocenters. The van der Waals surface area contributed by atoms with Crippen LogP contribution >= 0.6 is 11.6 Å². The maximum absolute atomic E-state index is 13.8. The van der Waals surface area contributed by atoms with Gasteiger partial charge in [-0.3, -0.25) is 9.89 Å². The molecule has 0 saturated carbocycles. The van der Waals surface area contributed by atoms with E-state index < -0.39 is 29.4 Å². The summed E-state index contributed by atoms with van der Waals surface area (Å²) in [6.07, 6.45) is 1.40. The molecule has 40 heavy (non-hydrogen) atoms. The highest BCUT2D eigenvalue weighted by molar-refractivity contribution is 7.83. The largest absolute Gasteiger partial charge is 0.476 e. The minimum Gasteiger partial charge on any atom is -0.476 e. The highest BCUT2D eigenvalue weighted by Gasteiger charge is 2.26. The molecular formula is C28H28ClFN4O5S. The number of hydrogen-bond donors (Lipinski definition) is 4. The van der Waals surface area contributed by atoms with Crippen LogP contribution in [-0.2, 0) is 33.4 Å². The van der Waals surface area contributed by atoms with E-state index in [2.05, 4.69) is 32.4 Å². The molecule has 3 unspecified atom stereocenters. The van der Waals surface area contributed by atoms with Crippen LogP contribution in [-0.4, -0.2) is 50.3 Å². The minimum absolute atomic E-state index is 0.0580. The fourth-order valence-electron chi connectivity index (χ4n) is 4.14. The minimum atomic E-state index is -2.63. The Hall–Kier alpha value is -3.80. The van der Waals surface area contributed by atoms with Crippen molar-refractivity contribution in [1.29, 1.82) is 0 Å². The predicted molar refractivity (Wildman–Crippen MR) is 150 cm³/mol. The first-order chi connectivity index (χ1) is 19.3. The number of rotatable bonds is 14. The summed E-state index contributed by atoms with van der Waals surface area (Å²) >= 11 is 6.33. The van der Waals surface area contributed by atoms with E-state index in [0.717, 1.165) is 19.3 Å². The third-order valence-electron chi connectivity index (χ3n) is 6.13. The first-order valence-electron chi connectivity index (χ1n) is 12.6. The van der Waals surface area contributed by atoms with E-state index in [1.54, 1.807) is 30.3 Å². The molecule has 4 N–H and O–H groups in total. The van der Waals surface area contributed by atoms with Gasteiger partial charge in [0.25, 0.3) is 0 Å². The average molecular weight is 587 g/mol. The number of alkyl halides is 1. The Labute approximate surface area is 237 Å². The predicted octanol–water partition coefficient (Wildman–Crippen LogP) is 4.34. The van der Waals surface area contributed by atoms with Crippen molar-refractivity contribution in [1.82, 2.24) is 20.2 Å². The molecule has 4 aromatic rings. The number of carbonyl (C=O) groups is 2. The quantitative estimate of drug-likeness (QED) is 0.162. The van der Waals surface area contributed by atoms with Crippen molar-refractivity contribution in [3.05, 3.63) is 89.1 Å². The third kappa shape index (κ3) is 7.65. The topological polar surface area (TPSA) is 133 Å². The van der Waals surface area contributed by atoms with E-state index in [-0.39, 0.29) is 28.6 Å². The average Bonchev–Trinajstić information content (AvgIpc) is 3.45. The molecule has 0 aliphatic carbocycles. The van der Waals surface area contributed by atoms with E-state index in [4.69, 9.17) is 21.4 Å². The summed E-state index contributed by atoms with van der Waals surface area (Å²) in [5.41, 5.74) is 1.94. The van der Waals surface area contributed by atoms with Gasteiger partial charge in [-0.05, 0) is 55.0 Å². The van der Waals surface area contributed by atoms with Crippen LogP contribution in [0.4, 0.5) is 4.39 Å². The molecule has 4 rings (SSSR count). The zero-order valence-corrected chi connectivity index (χ0v) is 22.9. The number of carboxylic acid groups (broad SMARTS) is 1. The maximum Gasteiger partial charge on any atom is 0.378 e. The van der Waals surface area contributed by atoms with Gasteiger partial charge >= 0.3 is 12.3 Å². The Morgan fingerprint density at radius 2 is 1.80 bits per heavy atom. The van der Waals surface area contributed by atoms with Gasteiger partial charge in [0.1, 0.15) is 22.5 Å². The fourth-order valence-corrected chi connectivity index (χ4v) is 5.40. The Bertz CT molecular complexity index is 1470. The number of aromatic amines is 1. The number of carbonyl (C=O) groups excluding carboxylic acids is 1. The molecule has 0 bridgehead atoms. The number of amides is 1. The number of benzene rings is 3. The number of unbranched alkanes of at least 4 members (excludes halogenated alkanes) is 1. The highest BCUT2D eigenvalue weighted by atomic mass is 35.5. The van der Waals surface area contributed by atoms with Crippen molar-refractivity contribution in [2.45, 2.75) is 43.0 Å². The summed E-state index contributed by atoms with van der Waals surface area (Å²) in [5.74, 6) is -2.37. The number of aryl methyl sites for hydroxylation is 1. The lowest BCUT2D eigenvalue weighted by molar-refractivity contribution is -0.153. The number of H-pyrrole nitrogens is 1. The van der Waals surface area contributed by atoms with Gasteiger partial charge in [-0.25, -0.2) is 13.7 Å². The molecule has 210 valence electrons. The van der Waals surface area contributed by atoms with Gasteiger partial charge in [0.2, 0.25) is 5.91 Å². The molecule has 0 aliphatic heterocycles. The van der Waals surface area contributed by atoms with E-state index in [1.807, 2.05) is 18.2 Å². The van der Waals surface area contributed by atoms with Crippen molar-refractivity contribution in [3.8, 4) is 5.75 Å². The van der Waals surface area contributed by atoms with Crippen LogP contribution in [0.1, 0.15) is 24.0 Å². The normalized spacial score (nSPS) is 13.4. The van der Waals surface area contributed by atoms with Gasteiger partial charge in [-0.2, -0.15) is 9.49 Å². The second-order valence-corrected chi connectivity index (χ2v) is 10.6. The van der Waals surface area contributed by atoms with Crippen molar-refractivity contribution in [2.75, 3.05) is 6.54 Å². The number of nitrogens with zero attached hydrogens (tertiary/aromatic N) is 1. The second-order valence-electron chi connectivity index (χ2n) is 8.97. The number of fused-ring (bicyclic) bond motifs is 1. The monoisotopic (exact) mass is 586 g/mol. The van der Waals surface area contributed by atoms with Gasteiger partial charge in [-0.1, -0.05) is 60.1 Å². The second kappa shape index (κ2) is 14.0. The van der Waals surface area contributed by atoms with Gasteiger partial charge in [-0.15, -0.1) is 0 Å². The molecule has 0 spiro atoms. The van der Waals surface area contributed by atoms with Crippen LogP contribution in [0.5, 0.6) is 5.75 Å². The molecule has 1 heterocycles. The van der Waals surface area contributed by atoms with Crippen LogP contribution in [0.25, 0.3) is 10.9 Å². The maximum atomic E-state index is 13.8. The smallest absolute Gasteiger partial charge is 0.378 e. The van der Waals surface area contributed by atoms with Gasteiger partial charge in [0.15, 0.2) is 5.75 Å². The Morgan fingerprint density at radius 1 is 1.10 bits per heavy atom. The number of aromatic nitrogens is 2. The van der Waals surface area contributed by atoms with E-state index in [1.165, 1.54) is 17.8 Å². The first-order valence-corrected chi connectivity index (χ1v) is 14.1. The summed E-state index contributed by atoms with van der Waals surface area (Å²) < 4.78 is 34.7. The van der Waals surface area contributed by atoms with Crippen LogP contribution in [0.15, 0.2) is 77.8 Å². The number of carboxylic acids is 1. The lowest BCUT2D eigenvalue weighted by Gasteiger charge is -2.19. The molecule has 0 fully saturated rings. The molecule has 0 saturated heterocycles. The number of ether oxygens (including phenoxy) is 1. The van der Waals surface area contributed by atoms with Gasteiger partial charge in [0.05, 0.1) is 16.1 Å². The lowest BCUT2D eigenvalue weighted by atomic mass is 10.0. The third-order valence-corrected chi connectivity index (χ3v) is 7.61. The van der Waals surface area contributed by atoms with Crippen molar-refractivity contribution >= 4 is 45.4 Å². The summed E-state index contributed by atoms with van der Waals surface area (Å²) in [4.78, 5) is 24.7. The summed E-state index contributed by atoms with van der Waals surface area (Å²) in [5, 5.41) is 18.8. The highest BCUT2D eigenvalue weighted by Crippen LogP contribution is 2.36. The Kier molecular flexibility index (Phi) is 10.2. The molecule has 3 aromatic carbocycles. The van der Waals surface area contributed by atoms with Crippen molar-refractivity contribution < 1.29 is 28.0 Å². The number of nitrogens with one attached hydrogen (secondary N) is 3. The fraction of sp³-hybridized carbons (Fsp3) is 0.250. The van der Waals surface area contributed by atoms with E-state index >= 15 is 0 Å². The van der Waals surface area contributed by atoms with Crippen molar-refractivity contribution in [3.63, 3.8) is 0 Å². The van der Waals surface area contributed by atoms with Crippen LogP contribution < -0.4 is 14.8 Å². The van der Waals surface area contributed by atoms with Gasteiger partial charge < -0.3 is 15.2 Å². The standard InChI is InChI=1S/C28H28ClFN4O5S/c29-22-15-19(21-17-32-33-24(21)25(22)39-26(30)28(36)37)16-23(34-40(38)20-12-5-2-6-13-20)27(35)31-14-8-7-11-18-9-3-1-4-10-18/h1-6,9-10,12-13,15,17,23,26,34H,7-8,11,14,16H2,(H,31,35)(H,32,33)(H,36,37). The van der Waals surface area contributed by atoms with Gasteiger partial charge in [0, 0.05) is 11.9 Å². The van der Waals surface area contributed by atoms with Crippen LogP contribution in [0.2, 0.25) is 5.02 Å². The zero-order chi connectivity index (χ0) is 28.5. The van der Waals surface area contributed by atoms with E-state index in [9.17, 15) is 18.2 Å². The zero-order valence-electron chi connectivity index (χ0n) is 21.3. The van der Waals surface area contributed by atoms with Crippen LogP contribution in [0, 0.1) is 0 Å². The molecule has 9 nitrogen and oxygen atoms in total. The SMILES string of the molecule is O=C(NCCCCc1ccccc1)C(Cc1cc(Cl)c(OC(F)C(=O)O)c2[nH]ncc12)NS(=O)c1ccccc1. The van der Waals surface area contributed by atoms with E-state index in [0.29, 0.717) is 22.4 Å². The molecule has 0 aliphatic rings. The van der Waals surface area contributed by atoms with Crippen LogP contribution in [0.3, 0.4) is 0 Å². The number of halogens is 2. The molecule has 1 amide bonds. The molecule has 1 aromatic heterocycles. The summed E-state index contributed by atoms with van der Waals surface area (Å²) in [7, 11) is -1.70. The Morgan fingerprint density at radius 3 is 2.50 bits per heavy atom. The van der Waals surface area contributed by atoms with Crippen molar-refractivity contribution in [2.24, 2.45) is 0 Å². The Balaban J connectivity index is 1.50. The summed E-state index contributed by atoms with van der Waals surface area (Å²) in [6.45, 7) is 0.434.